The fourth-order valence-electron chi connectivity index (χ4n) is 3.36. The minimum Gasteiger partial charge on any atom is -0.481 e. The largest absolute Gasteiger partial charge is 0.481 e. The molecule has 4 rings (SSSR count). The third-order valence-electron chi connectivity index (χ3n) is 4.77. The second-order valence-electron chi connectivity index (χ2n) is 6.40. The molecule has 0 unspecified atom stereocenters. The highest BCUT2D eigenvalue weighted by Gasteiger charge is 2.26. The Kier molecular flexibility index (Phi) is 4.05. The summed E-state index contributed by atoms with van der Waals surface area (Å²) in [6.07, 6.45) is 8.41. The number of rotatable bonds is 4. The highest BCUT2D eigenvalue weighted by atomic mass is 16.4. The van der Waals surface area contributed by atoms with Crippen molar-refractivity contribution in [1.82, 2.24) is 19.6 Å². The molecular weight excluding hydrogens is 318 g/mol. The SMILES string of the molecule is O=C(O)C1CCC(Nc2ccc3ncc(-c4ccncc4)n3n2)CC1. The average molecular weight is 337 g/mol. The molecule has 0 atom stereocenters. The van der Waals surface area contributed by atoms with E-state index in [0.717, 1.165) is 35.6 Å². The molecule has 0 amide bonds. The van der Waals surface area contributed by atoms with Crippen molar-refractivity contribution < 1.29 is 9.90 Å². The molecule has 2 N–H and O–H groups in total. The maximum atomic E-state index is 11.1. The number of hydrogen-bond acceptors (Lipinski definition) is 5. The van der Waals surface area contributed by atoms with E-state index in [0.29, 0.717) is 12.8 Å². The van der Waals surface area contributed by atoms with Crippen LogP contribution >= 0.6 is 0 Å². The fraction of sp³-hybridized carbons (Fsp3) is 0.333. The van der Waals surface area contributed by atoms with Gasteiger partial charge in [0.05, 0.1) is 17.8 Å². The van der Waals surface area contributed by atoms with Gasteiger partial charge in [-0.15, -0.1) is 5.10 Å². The fourth-order valence-corrected chi connectivity index (χ4v) is 3.36. The maximum Gasteiger partial charge on any atom is 0.306 e. The second kappa shape index (κ2) is 6.51. The van der Waals surface area contributed by atoms with E-state index in [9.17, 15) is 4.79 Å². The summed E-state index contributed by atoms with van der Waals surface area (Å²) >= 11 is 0. The van der Waals surface area contributed by atoms with Crippen molar-refractivity contribution in [2.45, 2.75) is 31.7 Å². The van der Waals surface area contributed by atoms with Crippen LogP contribution in [0.1, 0.15) is 25.7 Å². The number of hydrogen-bond donors (Lipinski definition) is 2. The summed E-state index contributed by atoms with van der Waals surface area (Å²) in [7, 11) is 0. The molecule has 128 valence electrons. The Morgan fingerprint density at radius 2 is 1.88 bits per heavy atom. The van der Waals surface area contributed by atoms with Gasteiger partial charge in [0.2, 0.25) is 0 Å². The van der Waals surface area contributed by atoms with Crippen LogP contribution in [0.3, 0.4) is 0 Å². The van der Waals surface area contributed by atoms with E-state index >= 15 is 0 Å². The van der Waals surface area contributed by atoms with Crippen LogP contribution in [0, 0.1) is 5.92 Å². The Morgan fingerprint density at radius 1 is 1.12 bits per heavy atom. The number of nitrogens with zero attached hydrogens (tertiary/aromatic N) is 4. The minimum absolute atomic E-state index is 0.208. The molecular formula is C18H19N5O2. The van der Waals surface area contributed by atoms with Gasteiger partial charge in [0.25, 0.3) is 0 Å². The van der Waals surface area contributed by atoms with E-state index in [2.05, 4.69) is 20.4 Å². The van der Waals surface area contributed by atoms with Crippen LogP contribution in [0.2, 0.25) is 0 Å². The van der Waals surface area contributed by atoms with E-state index in [1.165, 1.54) is 0 Å². The maximum absolute atomic E-state index is 11.1. The number of nitrogens with one attached hydrogen (secondary N) is 1. The molecule has 0 aliphatic heterocycles. The van der Waals surface area contributed by atoms with Gasteiger partial charge in [0.1, 0.15) is 5.82 Å². The lowest BCUT2D eigenvalue weighted by atomic mass is 9.86. The van der Waals surface area contributed by atoms with Gasteiger partial charge in [-0.25, -0.2) is 9.50 Å². The van der Waals surface area contributed by atoms with Gasteiger partial charge in [-0.2, -0.15) is 0 Å². The van der Waals surface area contributed by atoms with Crippen molar-refractivity contribution in [3.63, 3.8) is 0 Å². The van der Waals surface area contributed by atoms with Gasteiger partial charge in [-0.1, -0.05) is 0 Å². The van der Waals surface area contributed by atoms with Crippen LogP contribution in [0.5, 0.6) is 0 Å². The van der Waals surface area contributed by atoms with Crippen LogP contribution in [-0.4, -0.2) is 36.7 Å². The zero-order valence-corrected chi connectivity index (χ0v) is 13.7. The third-order valence-corrected chi connectivity index (χ3v) is 4.77. The van der Waals surface area contributed by atoms with Crippen molar-refractivity contribution in [1.29, 1.82) is 0 Å². The highest BCUT2D eigenvalue weighted by Crippen LogP contribution is 2.27. The molecule has 0 spiro atoms. The van der Waals surface area contributed by atoms with E-state index in [4.69, 9.17) is 5.11 Å². The van der Waals surface area contributed by atoms with E-state index in [-0.39, 0.29) is 12.0 Å². The van der Waals surface area contributed by atoms with Crippen molar-refractivity contribution in [3.8, 4) is 11.3 Å². The molecule has 0 radical (unpaired) electrons. The van der Waals surface area contributed by atoms with Crippen LogP contribution in [0.4, 0.5) is 5.82 Å². The lowest BCUT2D eigenvalue weighted by molar-refractivity contribution is -0.142. The third kappa shape index (κ3) is 3.17. The smallest absolute Gasteiger partial charge is 0.306 e. The lowest BCUT2D eigenvalue weighted by Crippen LogP contribution is -2.29. The Hall–Kier alpha value is -2.96. The number of aromatic nitrogens is 4. The van der Waals surface area contributed by atoms with Gasteiger partial charge in [-0.05, 0) is 49.9 Å². The monoisotopic (exact) mass is 337 g/mol. The number of fused-ring (bicyclic) bond motifs is 1. The Balaban J connectivity index is 1.54. The quantitative estimate of drug-likeness (QED) is 0.760. The topological polar surface area (TPSA) is 92.4 Å². The van der Waals surface area contributed by atoms with Gasteiger partial charge >= 0.3 is 5.97 Å². The van der Waals surface area contributed by atoms with Gasteiger partial charge in [-0.3, -0.25) is 9.78 Å². The molecule has 0 saturated heterocycles. The molecule has 1 saturated carbocycles. The molecule has 0 aromatic carbocycles. The van der Waals surface area contributed by atoms with Gasteiger partial charge < -0.3 is 10.4 Å². The Bertz CT molecular complexity index is 885. The van der Waals surface area contributed by atoms with E-state index in [1.807, 2.05) is 28.8 Å². The number of pyridine rings is 1. The molecule has 3 aromatic heterocycles. The van der Waals surface area contributed by atoms with Crippen LogP contribution in [-0.2, 0) is 4.79 Å². The number of aliphatic carboxylic acids is 1. The van der Waals surface area contributed by atoms with Crippen molar-refractivity contribution in [3.05, 3.63) is 42.9 Å². The van der Waals surface area contributed by atoms with Gasteiger partial charge in [0.15, 0.2) is 5.65 Å². The summed E-state index contributed by atoms with van der Waals surface area (Å²) in [5.74, 6) is -0.113. The first-order valence-electron chi connectivity index (χ1n) is 8.45. The number of anilines is 1. The van der Waals surface area contributed by atoms with Crippen LogP contribution in [0.15, 0.2) is 42.9 Å². The molecule has 1 aliphatic rings. The molecule has 0 bridgehead atoms. The first-order valence-corrected chi connectivity index (χ1v) is 8.45. The Morgan fingerprint density at radius 3 is 2.60 bits per heavy atom. The molecule has 7 heteroatoms. The van der Waals surface area contributed by atoms with E-state index in [1.54, 1.807) is 18.6 Å². The molecule has 25 heavy (non-hydrogen) atoms. The summed E-state index contributed by atoms with van der Waals surface area (Å²) < 4.78 is 1.82. The van der Waals surface area contributed by atoms with E-state index < -0.39 is 5.97 Å². The summed E-state index contributed by atoms with van der Waals surface area (Å²) in [6.45, 7) is 0. The Labute approximate surface area is 144 Å². The molecule has 7 nitrogen and oxygen atoms in total. The predicted octanol–water partition coefficient (Wildman–Crippen LogP) is 2.85. The highest BCUT2D eigenvalue weighted by molar-refractivity contribution is 5.70. The predicted molar refractivity (Wildman–Crippen MR) is 93.2 cm³/mol. The minimum atomic E-state index is -0.682. The average Bonchev–Trinajstić information content (AvgIpc) is 3.06. The summed E-state index contributed by atoms with van der Waals surface area (Å²) in [5, 5.41) is 17.2. The molecule has 3 aromatic rings. The normalized spacial score (nSPS) is 20.5. The second-order valence-corrected chi connectivity index (χ2v) is 6.40. The van der Waals surface area contributed by atoms with Crippen molar-refractivity contribution in [2.24, 2.45) is 5.92 Å². The lowest BCUT2D eigenvalue weighted by Gasteiger charge is -2.27. The standard InChI is InChI=1S/C18H19N5O2/c24-18(25)13-1-3-14(4-2-13)21-16-5-6-17-20-11-15(23(17)22-16)12-7-9-19-10-8-12/h5-11,13-14H,1-4H2,(H,21,22)(H,24,25). The first-order chi connectivity index (χ1) is 12.2. The molecule has 1 aliphatic carbocycles. The first kappa shape index (κ1) is 15.6. The number of carboxylic acid groups (broad SMARTS) is 1. The van der Waals surface area contributed by atoms with Crippen molar-refractivity contribution >= 4 is 17.4 Å². The van der Waals surface area contributed by atoms with Crippen LogP contribution in [0.25, 0.3) is 16.9 Å². The number of imidazole rings is 1. The number of carbonyl (C=O) groups is 1. The number of carboxylic acids is 1. The van der Waals surface area contributed by atoms with Gasteiger partial charge in [0, 0.05) is 24.0 Å². The van der Waals surface area contributed by atoms with Crippen molar-refractivity contribution in [2.75, 3.05) is 5.32 Å². The zero-order chi connectivity index (χ0) is 17.2. The summed E-state index contributed by atoms with van der Waals surface area (Å²) in [6, 6.07) is 7.97. The summed E-state index contributed by atoms with van der Waals surface area (Å²) in [4.78, 5) is 19.5. The molecule has 3 heterocycles. The summed E-state index contributed by atoms with van der Waals surface area (Å²) in [5.41, 5.74) is 2.71. The molecule has 1 fully saturated rings. The van der Waals surface area contributed by atoms with Crippen LogP contribution < -0.4 is 5.32 Å². The zero-order valence-electron chi connectivity index (χ0n) is 13.7.